The molecule has 0 aliphatic rings. The van der Waals surface area contributed by atoms with Crippen LogP contribution >= 0.6 is 23.5 Å². The van der Waals surface area contributed by atoms with Crippen LogP contribution in [0.1, 0.15) is 40.0 Å². The standard InChI is InChI=1S/C12H22O4S2/c1-4-12(3,5-2)18-7-6-17-9(11(15)16)8-10(13)14/h9H,4-8H2,1-3H3,(H,13,14)(H,15,16). The van der Waals surface area contributed by atoms with E-state index in [1.807, 2.05) is 11.8 Å². The van der Waals surface area contributed by atoms with Crippen LogP contribution in [-0.4, -0.2) is 43.7 Å². The molecule has 0 saturated carbocycles. The zero-order valence-electron chi connectivity index (χ0n) is 11.1. The number of carbonyl (C=O) groups is 2. The summed E-state index contributed by atoms with van der Waals surface area (Å²) in [5.41, 5.74) is 0. The number of rotatable bonds is 10. The molecule has 1 atom stereocenters. The van der Waals surface area contributed by atoms with Gasteiger partial charge in [-0.15, -0.1) is 11.8 Å². The van der Waals surface area contributed by atoms with Gasteiger partial charge in [0.05, 0.1) is 6.42 Å². The fourth-order valence-electron chi connectivity index (χ4n) is 1.31. The van der Waals surface area contributed by atoms with Gasteiger partial charge in [-0.1, -0.05) is 20.8 Å². The first-order chi connectivity index (χ1) is 8.34. The third kappa shape index (κ3) is 7.16. The molecule has 1 unspecified atom stereocenters. The maximum Gasteiger partial charge on any atom is 0.317 e. The van der Waals surface area contributed by atoms with Crippen LogP contribution in [-0.2, 0) is 9.59 Å². The normalized spacial score (nSPS) is 13.3. The molecule has 0 amide bonds. The summed E-state index contributed by atoms with van der Waals surface area (Å²) in [6.45, 7) is 6.50. The molecular formula is C12H22O4S2. The van der Waals surface area contributed by atoms with Crippen LogP contribution in [0.5, 0.6) is 0 Å². The molecule has 0 aliphatic heterocycles. The number of hydrogen-bond donors (Lipinski definition) is 2. The lowest BCUT2D eigenvalue weighted by atomic mass is 10.1. The Hall–Kier alpha value is -0.360. The molecule has 0 fully saturated rings. The number of carboxylic acid groups (broad SMARTS) is 2. The van der Waals surface area contributed by atoms with Gasteiger partial charge in [0.15, 0.2) is 0 Å². The van der Waals surface area contributed by atoms with E-state index in [9.17, 15) is 9.59 Å². The molecule has 0 aromatic carbocycles. The summed E-state index contributed by atoms with van der Waals surface area (Å²) in [6, 6.07) is 0. The van der Waals surface area contributed by atoms with Crippen molar-refractivity contribution in [2.24, 2.45) is 0 Å². The summed E-state index contributed by atoms with van der Waals surface area (Å²) in [4.78, 5) is 21.4. The fraction of sp³-hybridized carbons (Fsp3) is 0.833. The van der Waals surface area contributed by atoms with Crippen LogP contribution in [0.4, 0.5) is 0 Å². The number of aliphatic carboxylic acids is 2. The highest BCUT2D eigenvalue weighted by Crippen LogP contribution is 2.32. The van der Waals surface area contributed by atoms with Gasteiger partial charge in [0, 0.05) is 16.3 Å². The van der Waals surface area contributed by atoms with E-state index in [0.717, 1.165) is 18.6 Å². The van der Waals surface area contributed by atoms with E-state index in [4.69, 9.17) is 10.2 Å². The summed E-state index contributed by atoms with van der Waals surface area (Å²) in [5.74, 6) is -0.577. The van der Waals surface area contributed by atoms with E-state index in [1.165, 1.54) is 11.8 Å². The second-order valence-electron chi connectivity index (χ2n) is 4.30. The molecule has 0 aromatic heterocycles. The molecule has 0 heterocycles. The van der Waals surface area contributed by atoms with Crippen molar-refractivity contribution in [1.29, 1.82) is 0 Å². The van der Waals surface area contributed by atoms with E-state index in [0.29, 0.717) is 5.75 Å². The number of thioether (sulfide) groups is 2. The summed E-state index contributed by atoms with van der Waals surface area (Å²) >= 11 is 3.05. The average Bonchev–Trinajstić information content (AvgIpc) is 2.32. The quantitative estimate of drug-likeness (QED) is 0.603. The molecule has 2 N–H and O–H groups in total. The van der Waals surface area contributed by atoms with Crippen molar-refractivity contribution in [3.05, 3.63) is 0 Å². The van der Waals surface area contributed by atoms with Crippen LogP contribution < -0.4 is 0 Å². The van der Waals surface area contributed by atoms with E-state index in [-0.39, 0.29) is 11.2 Å². The Morgan fingerprint density at radius 3 is 2.11 bits per heavy atom. The topological polar surface area (TPSA) is 74.6 Å². The van der Waals surface area contributed by atoms with E-state index in [2.05, 4.69) is 20.8 Å². The number of carboxylic acids is 2. The second kappa shape index (κ2) is 8.69. The highest BCUT2D eigenvalue weighted by molar-refractivity contribution is 8.04. The Balaban J connectivity index is 4.00. The SMILES string of the molecule is CCC(C)(CC)SCCSC(CC(=O)O)C(=O)O. The van der Waals surface area contributed by atoms with E-state index >= 15 is 0 Å². The zero-order chi connectivity index (χ0) is 14.2. The van der Waals surface area contributed by atoms with Crippen molar-refractivity contribution < 1.29 is 19.8 Å². The number of hydrogen-bond acceptors (Lipinski definition) is 4. The molecule has 106 valence electrons. The Kier molecular flexibility index (Phi) is 8.52. The molecule has 6 heteroatoms. The van der Waals surface area contributed by atoms with Crippen molar-refractivity contribution in [3.8, 4) is 0 Å². The third-order valence-electron chi connectivity index (χ3n) is 2.98. The molecular weight excluding hydrogens is 272 g/mol. The lowest BCUT2D eigenvalue weighted by Gasteiger charge is -2.26. The predicted octanol–water partition coefficient (Wildman–Crippen LogP) is 2.96. The molecule has 0 bridgehead atoms. The lowest BCUT2D eigenvalue weighted by Crippen LogP contribution is -2.22. The summed E-state index contributed by atoms with van der Waals surface area (Å²) < 4.78 is 0.242. The Morgan fingerprint density at radius 1 is 1.17 bits per heavy atom. The Morgan fingerprint density at radius 2 is 1.72 bits per heavy atom. The van der Waals surface area contributed by atoms with Gasteiger partial charge in [-0.05, 0) is 12.8 Å². The molecule has 18 heavy (non-hydrogen) atoms. The molecule has 0 spiro atoms. The summed E-state index contributed by atoms with van der Waals surface area (Å²) in [6.07, 6.45) is 1.84. The van der Waals surface area contributed by atoms with E-state index in [1.54, 1.807) is 0 Å². The molecule has 0 radical (unpaired) electrons. The van der Waals surface area contributed by atoms with Crippen LogP contribution in [0.3, 0.4) is 0 Å². The molecule has 0 saturated heterocycles. The first-order valence-electron chi connectivity index (χ1n) is 6.04. The van der Waals surface area contributed by atoms with Gasteiger partial charge < -0.3 is 10.2 Å². The van der Waals surface area contributed by atoms with Gasteiger partial charge in [0.2, 0.25) is 0 Å². The van der Waals surface area contributed by atoms with Crippen molar-refractivity contribution >= 4 is 35.5 Å². The molecule has 4 nitrogen and oxygen atoms in total. The molecule has 0 aliphatic carbocycles. The van der Waals surface area contributed by atoms with Crippen LogP contribution in [0.2, 0.25) is 0 Å². The van der Waals surface area contributed by atoms with Gasteiger partial charge >= 0.3 is 11.9 Å². The molecule has 0 rings (SSSR count). The first-order valence-corrected chi connectivity index (χ1v) is 8.08. The fourth-order valence-corrected chi connectivity index (χ4v) is 3.62. The monoisotopic (exact) mass is 294 g/mol. The highest BCUT2D eigenvalue weighted by atomic mass is 32.2. The molecule has 0 aromatic rings. The van der Waals surface area contributed by atoms with Crippen LogP contribution in [0.15, 0.2) is 0 Å². The minimum absolute atomic E-state index is 0.242. The maximum absolute atomic E-state index is 10.8. The first kappa shape index (κ1) is 17.6. The highest BCUT2D eigenvalue weighted by Gasteiger charge is 2.23. The van der Waals surface area contributed by atoms with Gasteiger partial charge in [-0.25, -0.2) is 0 Å². The van der Waals surface area contributed by atoms with Gasteiger partial charge in [0.25, 0.3) is 0 Å². The van der Waals surface area contributed by atoms with Crippen molar-refractivity contribution in [1.82, 2.24) is 0 Å². The Labute approximate surface area is 117 Å². The smallest absolute Gasteiger partial charge is 0.317 e. The van der Waals surface area contributed by atoms with Crippen LogP contribution in [0, 0.1) is 0 Å². The van der Waals surface area contributed by atoms with Crippen molar-refractivity contribution in [2.45, 2.75) is 50.0 Å². The second-order valence-corrected chi connectivity index (χ2v) is 7.29. The van der Waals surface area contributed by atoms with Gasteiger partial charge in [0.1, 0.15) is 5.25 Å². The largest absolute Gasteiger partial charge is 0.481 e. The van der Waals surface area contributed by atoms with Gasteiger partial charge in [-0.2, -0.15) is 11.8 Å². The van der Waals surface area contributed by atoms with Crippen molar-refractivity contribution in [3.63, 3.8) is 0 Å². The third-order valence-corrected chi connectivity index (χ3v) is 6.14. The van der Waals surface area contributed by atoms with Crippen molar-refractivity contribution in [2.75, 3.05) is 11.5 Å². The zero-order valence-corrected chi connectivity index (χ0v) is 12.8. The van der Waals surface area contributed by atoms with E-state index < -0.39 is 17.2 Å². The minimum atomic E-state index is -1.06. The average molecular weight is 294 g/mol. The lowest BCUT2D eigenvalue weighted by molar-refractivity contribution is -0.142. The van der Waals surface area contributed by atoms with Crippen LogP contribution in [0.25, 0.3) is 0 Å². The predicted molar refractivity (Wildman–Crippen MR) is 77.6 cm³/mol. The Bertz CT molecular complexity index is 277. The minimum Gasteiger partial charge on any atom is -0.481 e. The maximum atomic E-state index is 10.8. The summed E-state index contributed by atoms with van der Waals surface area (Å²) in [5, 5.41) is 16.7. The van der Waals surface area contributed by atoms with Gasteiger partial charge in [-0.3, -0.25) is 9.59 Å². The summed E-state index contributed by atoms with van der Waals surface area (Å²) in [7, 11) is 0.